The standard InChI is InChI=1S/C12H12ClF2NO2/c13-10-4-2-1-3-8(10)6-16-7-9-5-12(14,15)11(17)18-9/h1-4,9,16H,5-7H2. The van der Waals surface area contributed by atoms with Crippen LogP contribution in [0, 0.1) is 0 Å². The summed E-state index contributed by atoms with van der Waals surface area (Å²) in [5.41, 5.74) is 0.871. The van der Waals surface area contributed by atoms with Gasteiger partial charge in [-0.1, -0.05) is 29.8 Å². The van der Waals surface area contributed by atoms with Gasteiger partial charge in [0, 0.05) is 18.1 Å². The van der Waals surface area contributed by atoms with Gasteiger partial charge in [0.25, 0.3) is 0 Å². The van der Waals surface area contributed by atoms with Crippen molar-refractivity contribution in [3.8, 4) is 0 Å². The van der Waals surface area contributed by atoms with E-state index < -0.39 is 24.4 Å². The molecule has 0 aliphatic carbocycles. The van der Waals surface area contributed by atoms with Crippen LogP contribution >= 0.6 is 11.6 Å². The summed E-state index contributed by atoms with van der Waals surface area (Å²) < 4.78 is 30.3. The van der Waals surface area contributed by atoms with Gasteiger partial charge in [-0.25, -0.2) is 4.79 Å². The first-order chi connectivity index (χ1) is 8.49. The maximum Gasteiger partial charge on any atom is 0.377 e. The number of benzene rings is 1. The zero-order valence-corrected chi connectivity index (χ0v) is 10.2. The Bertz CT molecular complexity index is 453. The van der Waals surface area contributed by atoms with E-state index in [1.54, 1.807) is 6.07 Å². The van der Waals surface area contributed by atoms with Gasteiger partial charge >= 0.3 is 11.9 Å². The minimum atomic E-state index is -3.35. The molecule has 1 heterocycles. The van der Waals surface area contributed by atoms with Crippen LogP contribution in [0.5, 0.6) is 0 Å². The smallest absolute Gasteiger partial charge is 0.377 e. The van der Waals surface area contributed by atoms with E-state index in [1.165, 1.54) is 0 Å². The highest BCUT2D eigenvalue weighted by Gasteiger charge is 2.50. The number of nitrogens with one attached hydrogen (secondary N) is 1. The molecule has 0 aromatic heterocycles. The lowest BCUT2D eigenvalue weighted by molar-refractivity contribution is -0.159. The molecule has 1 aromatic carbocycles. The second-order valence-electron chi connectivity index (χ2n) is 4.16. The fourth-order valence-corrected chi connectivity index (χ4v) is 1.97. The number of rotatable bonds is 4. The molecule has 18 heavy (non-hydrogen) atoms. The van der Waals surface area contributed by atoms with Crippen molar-refractivity contribution in [1.29, 1.82) is 0 Å². The van der Waals surface area contributed by atoms with E-state index in [-0.39, 0.29) is 6.54 Å². The Hall–Kier alpha value is -1.20. The molecule has 98 valence electrons. The maximum absolute atomic E-state index is 12.9. The zero-order valence-electron chi connectivity index (χ0n) is 9.46. The normalized spacial score (nSPS) is 21.9. The Morgan fingerprint density at radius 3 is 2.78 bits per heavy atom. The third kappa shape index (κ3) is 2.97. The number of hydrogen-bond acceptors (Lipinski definition) is 3. The fourth-order valence-electron chi connectivity index (χ4n) is 1.77. The van der Waals surface area contributed by atoms with Gasteiger partial charge in [0.05, 0.1) is 6.42 Å². The summed E-state index contributed by atoms with van der Waals surface area (Å²) >= 11 is 5.94. The first-order valence-corrected chi connectivity index (χ1v) is 5.90. The van der Waals surface area contributed by atoms with Crippen LogP contribution in [0.2, 0.25) is 5.02 Å². The second-order valence-corrected chi connectivity index (χ2v) is 4.57. The van der Waals surface area contributed by atoms with Crippen molar-refractivity contribution in [3.05, 3.63) is 34.9 Å². The minimum Gasteiger partial charge on any atom is -0.456 e. The highest BCUT2D eigenvalue weighted by molar-refractivity contribution is 6.31. The lowest BCUT2D eigenvalue weighted by Crippen LogP contribution is -2.26. The number of alkyl halides is 2. The van der Waals surface area contributed by atoms with Gasteiger partial charge in [-0.05, 0) is 11.6 Å². The van der Waals surface area contributed by atoms with Crippen molar-refractivity contribution in [2.24, 2.45) is 0 Å². The molecule has 1 fully saturated rings. The van der Waals surface area contributed by atoms with E-state index in [9.17, 15) is 13.6 Å². The van der Waals surface area contributed by atoms with Crippen LogP contribution in [0.15, 0.2) is 24.3 Å². The number of hydrogen-bond donors (Lipinski definition) is 1. The molecule has 1 aromatic rings. The van der Waals surface area contributed by atoms with Crippen LogP contribution in [-0.4, -0.2) is 24.5 Å². The Labute approximate surface area is 108 Å². The lowest BCUT2D eigenvalue weighted by Gasteiger charge is -2.10. The van der Waals surface area contributed by atoms with Gasteiger partial charge in [-0.3, -0.25) is 0 Å². The van der Waals surface area contributed by atoms with Crippen molar-refractivity contribution in [2.75, 3.05) is 6.54 Å². The maximum atomic E-state index is 12.9. The molecule has 1 unspecified atom stereocenters. The monoisotopic (exact) mass is 275 g/mol. The van der Waals surface area contributed by atoms with Crippen LogP contribution in [0.25, 0.3) is 0 Å². The van der Waals surface area contributed by atoms with Crippen LogP contribution in [-0.2, 0) is 16.1 Å². The summed E-state index contributed by atoms with van der Waals surface area (Å²) in [4.78, 5) is 10.8. The summed E-state index contributed by atoms with van der Waals surface area (Å²) in [6, 6.07) is 7.24. The third-order valence-electron chi connectivity index (χ3n) is 2.70. The summed E-state index contributed by atoms with van der Waals surface area (Å²) in [7, 11) is 0. The van der Waals surface area contributed by atoms with Gasteiger partial charge in [-0.15, -0.1) is 0 Å². The molecule has 1 aliphatic rings. The summed E-state index contributed by atoms with van der Waals surface area (Å²) in [5.74, 6) is -4.79. The van der Waals surface area contributed by atoms with Gasteiger partial charge in [0.1, 0.15) is 6.10 Å². The molecule has 0 radical (unpaired) electrons. The number of carbonyl (C=O) groups is 1. The highest BCUT2D eigenvalue weighted by atomic mass is 35.5. The third-order valence-corrected chi connectivity index (χ3v) is 3.07. The molecule has 0 saturated carbocycles. The largest absolute Gasteiger partial charge is 0.456 e. The summed E-state index contributed by atoms with van der Waals surface area (Å²) in [6.45, 7) is 0.631. The lowest BCUT2D eigenvalue weighted by atomic mass is 10.2. The summed E-state index contributed by atoms with van der Waals surface area (Å²) in [6.07, 6.45) is -1.35. The molecule has 0 spiro atoms. The van der Waals surface area contributed by atoms with Crippen molar-refractivity contribution in [2.45, 2.75) is 25.0 Å². The molecular formula is C12H12ClF2NO2. The first kappa shape index (κ1) is 13.2. The van der Waals surface area contributed by atoms with Crippen LogP contribution in [0.3, 0.4) is 0 Å². The molecule has 3 nitrogen and oxygen atoms in total. The molecule has 0 bridgehead atoms. The van der Waals surface area contributed by atoms with E-state index in [2.05, 4.69) is 10.1 Å². The average Bonchev–Trinajstić information content (AvgIpc) is 2.55. The SMILES string of the molecule is O=C1OC(CNCc2ccccc2Cl)CC1(F)F. The number of halogens is 3. The van der Waals surface area contributed by atoms with Crippen molar-refractivity contribution >= 4 is 17.6 Å². The molecule has 6 heteroatoms. The summed E-state index contributed by atoms with van der Waals surface area (Å²) in [5, 5.41) is 3.56. The zero-order chi connectivity index (χ0) is 13.2. The van der Waals surface area contributed by atoms with Gasteiger partial charge in [-0.2, -0.15) is 8.78 Å². The van der Waals surface area contributed by atoms with Crippen LogP contribution < -0.4 is 5.32 Å². The number of cyclic esters (lactones) is 1. The molecule has 1 N–H and O–H groups in total. The van der Waals surface area contributed by atoms with Crippen LogP contribution in [0.1, 0.15) is 12.0 Å². The Kier molecular flexibility index (Phi) is 3.82. The molecule has 2 rings (SSSR count). The van der Waals surface area contributed by atoms with E-state index in [0.29, 0.717) is 11.6 Å². The van der Waals surface area contributed by atoms with E-state index in [1.807, 2.05) is 18.2 Å². The van der Waals surface area contributed by atoms with Gasteiger partial charge < -0.3 is 10.1 Å². The van der Waals surface area contributed by atoms with Gasteiger partial charge in [0.2, 0.25) is 0 Å². The fraction of sp³-hybridized carbons (Fsp3) is 0.417. The molecule has 1 aliphatic heterocycles. The quantitative estimate of drug-likeness (QED) is 0.858. The van der Waals surface area contributed by atoms with E-state index >= 15 is 0 Å². The van der Waals surface area contributed by atoms with Crippen molar-refractivity contribution < 1.29 is 18.3 Å². The second kappa shape index (κ2) is 5.20. The molecular weight excluding hydrogens is 264 g/mol. The molecule has 1 saturated heterocycles. The highest BCUT2D eigenvalue weighted by Crippen LogP contribution is 2.30. The number of carbonyl (C=O) groups excluding carboxylic acids is 1. The Balaban J connectivity index is 1.81. The predicted octanol–water partition coefficient (Wildman–Crippen LogP) is 2.38. The molecule has 0 amide bonds. The Morgan fingerprint density at radius 2 is 2.17 bits per heavy atom. The topological polar surface area (TPSA) is 38.3 Å². The minimum absolute atomic E-state index is 0.187. The average molecular weight is 276 g/mol. The molecule has 1 atom stereocenters. The van der Waals surface area contributed by atoms with Crippen molar-refractivity contribution in [3.63, 3.8) is 0 Å². The first-order valence-electron chi connectivity index (χ1n) is 5.52. The number of esters is 1. The van der Waals surface area contributed by atoms with E-state index in [4.69, 9.17) is 11.6 Å². The Morgan fingerprint density at radius 1 is 1.44 bits per heavy atom. The van der Waals surface area contributed by atoms with E-state index in [0.717, 1.165) is 5.56 Å². The van der Waals surface area contributed by atoms with Crippen LogP contribution in [0.4, 0.5) is 8.78 Å². The van der Waals surface area contributed by atoms with Crippen molar-refractivity contribution in [1.82, 2.24) is 5.32 Å². The van der Waals surface area contributed by atoms with Gasteiger partial charge in [0.15, 0.2) is 0 Å². The predicted molar refractivity (Wildman–Crippen MR) is 62.6 cm³/mol. The number of ether oxygens (including phenoxy) is 1.